The number of carbonyl (C=O) groups excluding carboxylic acids is 1. The number of carbonyl (C=O) groups is 1. The Kier molecular flexibility index (Phi) is 2.84. The summed E-state index contributed by atoms with van der Waals surface area (Å²) >= 11 is 0. The number of rotatable bonds is 1. The lowest BCUT2D eigenvalue weighted by atomic mass is 10.2. The quantitative estimate of drug-likeness (QED) is 0.721. The van der Waals surface area contributed by atoms with E-state index in [0.717, 1.165) is 6.42 Å². The second kappa shape index (κ2) is 3.89. The van der Waals surface area contributed by atoms with Crippen molar-refractivity contribution in [2.45, 2.75) is 51.0 Å². The molecule has 92 valence electrons. The van der Waals surface area contributed by atoms with E-state index in [1.165, 1.54) is 0 Å². The van der Waals surface area contributed by atoms with Crippen LogP contribution in [0, 0.1) is 0 Å². The lowest BCUT2D eigenvalue weighted by Gasteiger charge is -2.35. The molecule has 2 rings (SSSR count). The van der Waals surface area contributed by atoms with Crippen molar-refractivity contribution >= 4 is 6.09 Å². The summed E-state index contributed by atoms with van der Waals surface area (Å²) < 4.78 is 10.8. The molecule has 2 fully saturated rings. The fourth-order valence-corrected chi connectivity index (χ4v) is 2.36. The molecule has 0 aliphatic carbocycles. The average Bonchev–Trinajstić information content (AvgIpc) is 2.72. The monoisotopic (exact) mass is 229 g/mol. The van der Waals surface area contributed by atoms with Crippen LogP contribution in [0.5, 0.6) is 0 Å². The highest BCUT2D eigenvalue weighted by Crippen LogP contribution is 2.34. The molecule has 1 amide bonds. The molecular formula is C11H19NO4. The van der Waals surface area contributed by atoms with Gasteiger partial charge in [0.05, 0.1) is 31.4 Å². The minimum Gasteiger partial charge on any atom is -0.444 e. The molecule has 0 spiro atoms. The largest absolute Gasteiger partial charge is 0.444 e. The zero-order valence-electron chi connectivity index (χ0n) is 9.97. The Morgan fingerprint density at radius 2 is 2.25 bits per heavy atom. The number of aliphatic hydroxyl groups is 1. The van der Waals surface area contributed by atoms with Gasteiger partial charge in [-0.3, -0.25) is 4.90 Å². The Balaban J connectivity index is 2.06. The van der Waals surface area contributed by atoms with Gasteiger partial charge in [-0.15, -0.1) is 0 Å². The molecule has 0 aromatic heterocycles. The first kappa shape index (κ1) is 11.7. The minimum absolute atomic E-state index is 0.0254. The molecule has 2 saturated heterocycles. The van der Waals surface area contributed by atoms with Crippen molar-refractivity contribution in [3.8, 4) is 0 Å². The van der Waals surface area contributed by atoms with Gasteiger partial charge in [0.15, 0.2) is 0 Å². The molecule has 1 N–H and O–H groups in total. The Labute approximate surface area is 95.3 Å². The Morgan fingerprint density at radius 1 is 1.56 bits per heavy atom. The van der Waals surface area contributed by atoms with E-state index >= 15 is 0 Å². The highest BCUT2D eigenvalue weighted by molar-refractivity contribution is 5.70. The maximum absolute atomic E-state index is 12.0. The van der Waals surface area contributed by atoms with Gasteiger partial charge >= 0.3 is 6.09 Å². The molecule has 2 bridgehead atoms. The number of hydrogen-bond acceptors (Lipinski definition) is 4. The van der Waals surface area contributed by atoms with Crippen LogP contribution < -0.4 is 0 Å². The van der Waals surface area contributed by atoms with E-state index in [1.54, 1.807) is 4.90 Å². The summed E-state index contributed by atoms with van der Waals surface area (Å²) in [6.07, 6.45) is 0.439. The smallest absolute Gasteiger partial charge is 0.411 e. The predicted octanol–water partition coefficient (Wildman–Crippen LogP) is 0.756. The van der Waals surface area contributed by atoms with Crippen LogP contribution in [0.1, 0.15) is 27.2 Å². The van der Waals surface area contributed by atoms with Crippen LogP contribution in [0.15, 0.2) is 0 Å². The molecule has 16 heavy (non-hydrogen) atoms. The number of nitrogens with zero attached hydrogens (tertiary/aromatic N) is 1. The van der Waals surface area contributed by atoms with Crippen LogP contribution in [0.25, 0.3) is 0 Å². The molecule has 0 unspecified atom stereocenters. The maximum Gasteiger partial charge on any atom is 0.411 e. The second-order valence-electron chi connectivity index (χ2n) is 5.40. The van der Waals surface area contributed by atoms with Crippen molar-refractivity contribution in [2.75, 3.05) is 13.2 Å². The van der Waals surface area contributed by atoms with Crippen LogP contribution in [0.2, 0.25) is 0 Å². The number of ether oxygens (including phenoxy) is 2. The van der Waals surface area contributed by atoms with Gasteiger partial charge in [0, 0.05) is 0 Å². The summed E-state index contributed by atoms with van der Waals surface area (Å²) in [5, 5.41) is 9.28. The Hall–Kier alpha value is -0.810. The van der Waals surface area contributed by atoms with E-state index in [2.05, 4.69) is 0 Å². The van der Waals surface area contributed by atoms with Crippen molar-refractivity contribution in [1.29, 1.82) is 0 Å². The lowest BCUT2D eigenvalue weighted by Crippen LogP contribution is -2.52. The van der Waals surface area contributed by atoms with Crippen LogP contribution >= 0.6 is 0 Å². The molecule has 0 radical (unpaired) electrons. The first-order valence-corrected chi connectivity index (χ1v) is 5.66. The minimum atomic E-state index is -0.500. The second-order valence-corrected chi connectivity index (χ2v) is 5.40. The van der Waals surface area contributed by atoms with Crippen molar-refractivity contribution in [3.05, 3.63) is 0 Å². The van der Waals surface area contributed by atoms with Gasteiger partial charge < -0.3 is 14.6 Å². The standard InChI is InChI=1S/C11H19NO4/c1-11(2,3)16-10(14)12-7-4-9(15-6-7)8(12)5-13/h7-9,13H,4-6H2,1-3H3/t7-,8+,9-/m0/s1. The third-order valence-corrected chi connectivity index (χ3v) is 2.98. The summed E-state index contributed by atoms with van der Waals surface area (Å²) in [5.41, 5.74) is -0.500. The molecule has 3 atom stereocenters. The number of amides is 1. The number of likely N-dealkylation sites (tertiary alicyclic amines) is 1. The summed E-state index contributed by atoms with van der Waals surface area (Å²) in [4.78, 5) is 13.6. The first-order valence-electron chi connectivity index (χ1n) is 5.66. The predicted molar refractivity (Wildman–Crippen MR) is 57.1 cm³/mol. The molecule has 2 aliphatic heterocycles. The Morgan fingerprint density at radius 3 is 2.81 bits per heavy atom. The Bertz CT molecular complexity index is 286. The molecule has 0 aromatic carbocycles. The number of hydrogen-bond donors (Lipinski definition) is 1. The molecular weight excluding hydrogens is 210 g/mol. The highest BCUT2D eigenvalue weighted by Gasteiger charge is 2.50. The zero-order valence-corrected chi connectivity index (χ0v) is 9.97. The molecule has 0 saturated carbocycles. The molecule has 5 heteroatoms. The normalized spacial score (nSPS) is 33.2. The zero-order chi connectivity index (χ0) is 11.9. The molecule has 2 heterocycles. The van der Waals surface area contributed by atoms with Gasteiger partial charge in [-0.05, 0) is 27.2 Å². The van der Waals surface area contributed by atoms with Crippen LogP contribution in [-0.2, 0) is 9.47 Å². The highest BCUT2D eigenvalue weighted by atomic mass is 16.6. The summed E-state index contributed by atoms with van der Waals surface area (Å²) in [5.74, 6) is 0. The van der Waals surface area contributed by atoms with E-state index in [-0.39, 0.29) is 30.9 Å². The van der Waals surface area contributed by atoms with Gasteiger partial charge in [0.1, 0.15) is 5.60 Å². The van der Waals surface area contributed by atoms with E-state index < -0.39 is 5.60 Å². The van der Waals surface area contributed by atoms with E-state index in [0.29, 0.717) is 6.61 Å². The number of fused-ring (bicyclic) bond motifs is 2. The fourth-order valence-electron chi connectivity index (χ4n) is 2.36. The third kappa shape index (κ3) is 2.01. The maximum atomic E-state index is 12.0. The van der Waals surface area contributed by atoms with Gasteiger partial charge in [0.2, 0.25) is 0 Å². The SMILES string of the molecule is CC(C)(C)OC(=O)N1[C@@H]2CO[C@@H](C2)[C@H]1CO. The van der Waals surface area contributed by atoms with Crippen molar-refractivity contribution in [1.82, 2.24) is 4.90 Å². The van der Waals surface area contributed by atoms with E-state index in [1.807, 2.05) is 20.8 Å². The van der Waals surface area contributed by atoms with Crippen molar-refractivity contribution in [3.63, 3.8) is 0 Å². The van der Waals surface area contributed by atoms with Crippen molar-refractivity contribution in [2.24, 2.45) is 0 Å². The molecule has 5 nitrogen and oxygen atoms in total. The lowest BCUT2D eigenvalue weighted by molar-refractivity contribution is -0.0482. The van der Waals surface area contributed by atoms with Gasteiger partial charge in [-0.25, -0.2) is 4.79 Å². The molecule has 2 aliphatic rings. The average molecular weight is 229 g/mol. The first-order chi connectivity index (χ1) is 7.42. The van der Waals surface area contributed by atoms with Gasteiger partial charge in [-0.2, -0.15) is 0 Å². The van der Waals surface area contributed by atoms with E-state index in [4.69, 9.17) is 9.47 Å². The molecule has 0 aromatic rings. The number of aliphatic hydroxyl groups excluding tert-OH is 1. The summed E-state index contributed by atoms with van der Waals surface area (Å²) in [6.45, 7) is 6.00. The van der Waals surface area contributed by atoms with E-state index in [9.17, 15) is 9.90 Å². The summed E-state index contributed by atoms with van der Waals surface area (Å²) in [7, 11) is 0. The topological polar surface area (TPSA) is 59.0 Å². The van der Waals surface area contributed by atoms with Crippen LogP contribution in [-0.4, -0.2) is 53.1 Å². The van der Waals surface area contributed by atoms with Crippen LogP contribution in [0.4, 0.5) is 4.79 Å². The number of morpholine rings is 1. The van der Waals surface area contributed by atoms with Crippen molar-refractivity contribution < 1.29 is 19.4 Å². The fraction of sp³-hybridized carbons (Fsp3) is 0.909. The van der Waals surface area contributed by atoms with Gasteiger partial charge in [-0.1, -0.05) is 0 Å². The third-order valence-electron chi connectivity index (χ3n) is 2.98. The van der Waals surface area contributed by atoms with Crippen LogP contribution in [0.3, 0.4) is 0 Å². The van der Waals surface area contributed by atoms with Gasteiger partial charge in [0.25, 0.3) is 0 Å². The summed E-state index contributed by atoms with van der Waals surface area (Å²) in [6, 6.07) is -0.175.